The maximum absolute atomic E-state index is 12.3. The molecule has 0 radical (unpaired) electrons. The number of phenols is 3. The van der Waals surface area contributed by atoms with Gasteiger partial charge in [-0.25, -0.2) is 0 Å². The molecule has 0 saturated carbocycles. The van der Waals surface area contributed by atoms with Crippen molar-refractivity contribution in [3.05, 3.63) is 41.5 Å². The van der Waals surface area contributed by atoms with Crippen LogP contribution < -0.4 is 9.47 Å². The van der Waals surface area contributed by atoms with E-state index in [1.807, 2.05) is 0 Å². The van der Waals surface area contributed by atoms with E-state index >= 15 is 0 Å². The Morgan fingerprint density at radius 2 is 1.55 bits per heavy atom. The minimum absolute atomic E-state index is 0.0448. The van der Waals surface area contributed by atoms with Crippen LogP contribution in [0.3, 0.4) is 0 Å². The first kappa shape index (κ1) is 15.5. The summed E-state index contributed by atoms with van der Waals surface area (Å²) in [5.74, 6) is -0.489. The van der Waals surface area contributed by atoms with Crippen molar-refractivity contribution in [1.29, 1.82) is 0 Å². The second-order valence-corrected chi connectivity index (χ2v) is 4.65. The highest BCUT2D eigenvalue weighted by molar-refractivity contribution is 6.00. The van der Waals surface area contributed by atoms with Crippen LogP contribution in [0.25, 0.3) is 0 Å². The first-order valence-corrected chi connectivity index (χ1v) is 6.45. The number of hydrogen-bond donors (Lipinski definition) is 3. The first-order valence-electron chi connectivity index (χ1n) is 6.45. The number of ketones is 1. The molecule has 0 amide bonds. The largest absolute Gasteiger partial charge is 0.507 e. The van der Waals surface area contributed by atoms with Gasteiger partial charge >= 0.3 is 0 Å². The summed E-state index contributed by atoms with van der Waals surface area (Å²) in [6.45, 7) is 0. The molecule has 0 atom stereocenters. The molecule has 6 heteroatoms. The Morgan fingerprint density at radius 1 is 0.909 bits per heavy atom. The summed E-state index contributed by atoms with van der Waals surface area (Å²) in [7, 11) is 2.86. The van der Waals surface area contributed by atoms with Crippen molar-refractivity contribution in [3.63, 3.8) is 0 Å². The first-order chi connectivity index (χ1) is 10.5. The Hall–Kier alpha value is -2.89. The second-order valence-electron chi connectivity index (χ2n) is 4.65. The number of methoxy groups -OCH3 is 2. The highest BCUT2D eigenvalue weighted by atomic mass is 16.5. The van der Waals surface area contributed by atoms with Gasteiger partial charge in [0.2, 0.25) is 0 Å². The fraction of sp³-hybridized carbons (Fsp3) is 0.188. The summed E-state index contributed by atoms with van der Waals surface area (Å²) in [6.07, 6.45) is -0.0448. The van der Waals surface area contributed by atoms with Crippen LogP contribution >= 0.6 is 0 Å². The molecule has 6 nitrogen and oxygen atoms in total. The molecule has 3 N–H and O–H groups in total. The van der Waals surface area contributed by atoms with Crippen LogP contribution in [0, 0.1) is 0 Å². The fourth-order valence-electron chi connectivity index (χ4n) is 2.05. The Labute approximate surface area is 127 Å². The summed E-state index contributed by atoms with van der Waals surface area (Å²) in [6, 6.07) is 6.82. The second kappa shape index (κ2) is 6.26. The van der Waals surface area contributed by atoms with E-state index in [1.54, 1.807) is 0 Å². The third-order valence-corrected chi connectivity index (χ3v) is 3.21. The summed E-state index contributed by atoms with van der Waals surface area (Å²) in [5.41, 5.74) is 0.597. The number of phenolic OH excluding ortho intramolecular Hbond substituents is 3. The third-order valence-electron chi connectivity index (χ3n) is 3.21. The molecule has 0 aromatic heterocycles. The molecular weight excluding hydrogens is 288 g/mol. The molecule has 0 spiro atoms. The number of Topliss-reactive ketones (excluding diaryl/α,β-unsaturated/α-hetero) is 1. The molecule has 0 aliphatic heterocycles. The van der Waals surface area contributed by atoms with Gasteiger partial charge in [0.1, 0.15) is 5.75 Å². The van der Waals surface area contributed by atoms with Crippen molar-refractivity contribution in [2.45, 2.75) is 6.42 Å². The minimum Gasteiger partial charge on any atom is -0.507 e. The number of rotatable bonds is 5. The van der Waals surface area contributed by atoms with Crippen LogP contribution in [-0.2, 0) is 6.42 Å². The minimum atomic E-state index is -0.358. The maximum atomic E-state index is 12.3. The van der Waals surface area contributed by atoms with Crippen molar-refractivity contribution < 1.29 is 29.6 Å². The number of aromatic hydroxyl groups is 3. The molecule has 0 heterocycles. The van der Waals surface area contributed by atoms with Crippen LogP contribution in [0.5, 0.6) is 28.7 Å². The van der Waals surface area contributed by atoms with Crippen molar-refractivity contribution in [2.75, 3.05) is 14.2 Å². The topological polar surface area (TPSA) is 96.2 Å². The summed E-state index contributed by atoms with van der Waals surface area (Å²) in [5, 5.41) is 28.6. The van der Waals surface area contributed by atoms with E-state index in [2.05, 4.69) is 0 Å². The molecule has 116 valence electrons. The van der Waals surface area contributed by atoms with E-state index in [1.165, 1.54) is 44.6 Å². The van der Waals surface area contributed by atoms with Crippen molar-refractivity contribution in [3.8, 4) is 28.7 Å². The summed E-state index contributed by atoms with van der Waals surface area (Å²) < 4.78 is 10.1. The van der Waals surface area contributed by atoms with Crippen LogP contribution in [0.4, 0.5) is 0 Å². The highest BCUT2D eigenvalue weighted by Crippen LogP contribution is 2.35. The zero-order valence-corrected chi connectivity index (χ0v) is 12.2. The average Bonchev–Trinajstić information content (AvgIpc) is 2.50. The normalized spacial score (nSPS) is 10.3. The van der Waals surface area contributed by atoms with E-state index in [0.29, 0.717) is 17.1 Å². The van der Waals surface area contributed by atoms with Gasteiger partial charge in [-0.3, -0.25) is 4.79 Å². The molecule has 2 rings (SSSR count). The molecule has 2 aromatic carbocycles. The van der Waals surface area contributed by atoms with Crippen LogP contribution in [0.15, 0.2) is 30.3 Å². The van der Waals surface area contributed by atoms with Gasteiger partial charge < -0.3 is 24.8 Å². The molecular formula is C16H16O6. The predicted molar refractivity (Wildman–Crippen MR) is 79.0 cm³/mol. The molecule has 0 bridgehead atoms. The van der Waals surface area contributed by atoms with Gasteiger partial charge in [0.25, 0.3) is 0 Å². The molecule has 2 aromatic rings. The van der Waals surface area contributed by atoms with Crippen LogP contribution in [0.1, 0.15) is 15.9 Å². The van der Waals surface area contributed by atoms with Crippen LogP contribution in [0.2, 0.25) is 0 Å². The zero-order chi connectivity index (χ0) is 16.3. The lowest BCUT2D eigenvalue weighted by molar-refractivity contribution is 0.0990. The van der Waals surface area contributed by atoms with Gasteiger partial charge in [0, 0.05) is 12.5 Å². The SMILES string of the molecule is COc1cc(O)c(C(=O)Cc2ccc(O)c(O)c2)cc1OC. The van der Waals surface area contributed by atoms with Crippen molar-refractivity contribution in [1.82, 2.24) is 0 Å². The Balaban J connectivity index is 2.31. The zero-order valence-electron chi connectivity index (χ0n) is 12.2. The number of carbonyl (C=O) groups excluding carboxylic acids is 1. The van der Waals surface area contributed by atoms with E-state index in [4.69, 9.17) is 9.47 Å². The van der Waals surface area contributed by atoms with E-state index in [9.17, 15) is 20.1 Å². The average molecular weight is 304 g/mol. The lowest BCUT2D eigenvalue weighted by Gasteiger charge is -2.11. The van der Waals surface area contributed by atoms with Gasteiger partial charge in [-0.1, -0.05) is 6.07 Å². The van der Waals surface area contributed by atoms with E-state index in [-0.39, 0.29) is 35.0 Å². The Morgan fingerprint density at radius 3 is 2.14 bits per heavy atom. The predicted octanol–water partition coefficient (Wildman–Crippen LogP) is 2.25. The standard InChI is InChI=1S/C16H16O6/c1-21-15-7-10(13(19)8-16(15)22-2)12(18)5-9-3-4-11(17)14(20)6-9/h3-4,6-8,17,19-20H,5H2,1-2H3. The maximum Gasteiger partial charge on any atom is 0.171 e. The van der Waals surface area contributed by atoms with Crippen molar-refractivity contribution in [2.24, 2.45) is 0 Å². The van der Waals surface area contributed by atoms with Gasteiger partial charge in [0.05, 0.1) is 19.8 Å². The lowest BCUT2D eigenvalue weighted by atomic mass is 10.0. The highest BCUT2D eigenvalue weighted by Gasteiger charge is 2.17. The smallest absolute Gasteiger partial charge is 0.171 e. The van der Waals surface area contributed by atoms with Gasteiger partial charge in [-0.15, -0.1) is 0 Å². The number of benzene rings is 2. The number of ether oxygens (including phenoxy) is 2. The van der Waals surface area contributed by atoms with E-state index in [0.717, 1.165) is 0 Å². The monoisotopic (exact) mass is 304 g/mol. The van der Waals surface area contributed by atoms with Crippen LogP contribution in [-0.4, -0.2) is 35.3 Å². The summed E-state index contributed by atoms with van der Waals surface area (Å²) >= 11 is 0. The number of carbonyl (C=O) groups is 1. The molecule has 0 aliphatic rings. The van der Waals surface area contributed by atoms with Crippen molar-refractivity contribution >= 4 is 5.78 Å². The molecule has 0 aliphatic carbocycles. The molecule has 22 heavy (non-hydrogen) atoms. The van der Waals surface area contributed by atoms with E-state index < -0.39 is 0 Å². The molecule has 0 unspecified atom stereocenters. The molecule has 0 saturated heterocycles. The third kappa shape index (κ3) is 3.06. The number of hydrogen-bond acceptors (Lipinski definition) is 6. The lowest BCUT2D eigenvalue weighted by Crippen LogP contribution is -2.05. The summed E-state index contributed by atoms with van der Waals surface area (Å²) in [4.78, 5) is 12.3. The Bertz CT molecular complexity index is 708. The van der Waals surface area contributed by atoms with Gasteiger partial charge in [-0.05, 0) is 23.8 Å². The fourth-order valence-corrected chi connectivity index (χ4v) is 2.05. The van der Waals surface area contributed by atoms with Gasteiger partial charge in [-0.2, -0.15) is 0 Å². The Kier molecular flexibility index (Phi) is 4.41. The van der Waals surface area contributed by atoms with Gasteiger partial charge in [0.15, 0.2) is 28.8 Å². The molecule has 0 fully saturated rings. The quantitative estimate of drug-likeness (QED) is 0.579.